The molecule has 4 aromatic rings. The van der Waals surface area contributed by atoms with E-state index in [0.29, 0.717) is 33.0 Å². The Balaban J connectivity index is 1.22. The quantitative estimate of drug-likeness (QED) is 0.252. The van der Waals surface area contributed by atoms with Crippen LogP contribution < -0.4 is 0 Å². The summed E-state index contributed by atoms with van der Waals surface area (Å²) in [4.78, 5) is 9.04. The molecule has 2 aliphatic carbocycles. The second-order valence-electron chi connectivity index (χ2n) is 15.8. The van der Waals surface area contributed by atoms with E-state index >= 15 is 0 Å². The molecule has 3 aromatic heterocycles. The van der Waals surface area contributed by atoms with Crippen molar-refractivity contribution in [2.45, 2.75) is 118 Å². The molecule has 3 heteroatoms. The Kier molecular flexibility index (Phi) is 5.96. The summed E-state index contributed by atoms with van der Waals surface area (Å²) in [6, 6.07) is 13.4. The molecular formula is C38H50N2O. The molecule has 3 nitrogen and oxygen atoms in total. The van der Waals surface area contributed by atoms with Gasteiger partial charge >= 0.3 is 0 Å². The van der Waals surface area contributed by atoms with Gasteiger partial charge in [-0.15, -0.1) is 0 Å². The largest absolute Gasteiger partial charge is 0.437 e. The molecule has 0 atom stereocenters. The second kappa shape index (κ2) is 10.2. The Hall–Kier alpha value is -2.68. The van der Waals surface area contributed by atoms with E-state index in [0.717, 1.165) is 53.3 Å². The van der Waals surface area contributed by atoms with Crippen molar-refractivity contribution in [3.05, 3.63) is 59.9 Å². The number of hydrogen-bond acceptors (Lipinski definition) is 3. The van der Waals surface area contributed by atoms with Gasteiger partial charge in [0.2, 0.25) is 5.71 Å². The highest BCUT2D eigenvalue weighted by atomic mass is 16.3. The smallest absolute Gasteiger partial charge is 0.227 e. The summed E-state index contributed by atoms with van der Waals surface area (Å²) in [5, 5.41) is 1.66. The third kappa shape index (κ3) is 5.97. The third-order valence-electron chi connectivity index (χ3n) is 9.90. The maximum atomic E-state index is 9.66. The van der Waals surface area contributed by atoms with Gasteiger partial charge in [-0.2, -0.15) is 0 Å². The number of fused-ring (bicyclic) bond motifs is 3. The monoisotopic (exact) mass is 554 g/mol. The summed E-state index contributed by atoms with van der Waals surface area (Å²) in [5.74, 6) is -0.633. The van der Waals surface area contributed by atoms with E-state index in [1.54, 1.807) is 12.1 Å². The van der Waals surface area contributed by atoms with Crippen LogP contribution in [0.1, 0.15) is 128 Å². The van der Waals surface area contributed by atoms with Gasteiger partial charge in [0.25, 0.3) is 0 Å². The zero-order valence-electron chi connectivity index (χ0n) is 30.0. The van der Waals surface area contributed by atoms with Gasteiger partial charge in [0.15, 0.2) is 0 Å². The van der Waals surface area contributed by atoms with Crippen LogP contribution in [-0.4, -0.2) is 9.97 Å². The van der Waals surface area contributed by atoms with Crippen LogP contribution in [-0.2, 0) is 0 Å². The van der Waals surface area contributed by atoms with E-state index in [1.807, 2.05) is 30.5 Å². The number of hydrogen-bond donors (Lipinski definition) is 0. The number of aromatic nitrogens is 2. The molecule has 0 saturated heterocycles. The van der Waals surface area contributed by atoms with Gasteiger partial charge in [-0.25, -0.2) is 4.98 Å². The van der Waals surface area contributed by atoms with Crippen molar-refractivity contribution in [1.82, 2.24) is 9.97 Å². The van der Waals surface area contributed by atoms with E-state index in [9.17, 15) is 1.37 Å². The Bertz CT molecular complexity index is 1670. The molecule has 1 spiro atoms. The summed E-state index contributed by atoms with van der Waals surface area (Å²) in [6.45, 7) is 12.1. The van der Waals surface area contributed by atoms with Crippen molar-refractivity contribution < 1.29 is 9.90 Å². The van der Waals surface area contributed by atoms with Gasteiger partial charge in [0.05, 0.1) is 5.69 Å². The van der Waals surface area contributed by atoms with Crippen LogP contribution in [0, 0.1) is 28.5 Å². The Morgan fingerprint density at radius 1 is 0.878 bits per heavy atom. The number of benzene rings is 1. The second-order valence-corrected chi connectivity index (χ2v) is 15.8. The molecule has 0 amide bonds. The number of furan rings is 1. The molecule has 3 heterocycles. The van der Waals surface area contributed by atoms with Gasteiger partial charge in [-0.1, -0.05) is 53.7 Å². The van der Waals surface area contributed by atoms with Crippen molar-refractivity contribution in [3.63, 3.8) is 0 Å². The molecule has 0 radical (unpaired) electrons. The van der Waals surface area contributed by atoms with Gasteiger partial charge in [0.1, 0.15) is 5.58 Å². The van der Waals surface area contributed by atoms with E-state index in [-0.39, 0.29) is 5.69 Å². The lowest BCUT2D eigenvalue weighted by atomic mass is 9.53. The molecule has 0 aliphatic heterocycles. The molecule has 2 saturated carbocycles. The van der Waals surface area contributed by atoms with Crippen LogP contribution in [0.15, 0.2) is 53.1 Å². The highest BCUT2D eigenvalue weighted by Gasteiger charge is 2.46. The van der Waals surface area contributed by atoms with Gasteiger partial charge in [0, 0.05) is 33.7 Å². The van der Waals surface area contributed by atoms with E-state index in [4.69, 9.17) is 13.5 Å². The molecule has 0 N–H and O–H groups in total. The molecule has 2 fully saturated rings. The number of rotatable bonds is 4. The van der Waals surface area contributed by atoms with Crippen LogP contribution in [0.3, 0.4) is 0 Å². The van der Waals surface area contributed by atoms with Crippen LogP contribution >= 0.6 is 0 Å². The van der Waals surface area contributed by atoms with Crippen LogP contribution in [0.2, 0.25) is 0 Å². The first-order valence-corrected chi connectivity index (χ1v) is 15.7. The highest BCUT2D eigenvalue weighted by Crippen LogP contribution is 2.59. The third-order valence-corrected chi connectivity index (χ3v) is 9.90. The topological polar surface area (TPSA) is 38.9 Å². The summed E-state index contributed by atoms with van der Waals surface area (Å²) < 4.78 is 39.1. The fraction of sp³-hybridized carbons (Fsp3) is 0.579. The Morgan fingerprint density at radius 3 is 2.24 bits per heavy atom. The molecule has 0 unspecified atom stereocenters. The molecule has 41 heavy (non-hydrogen) atoms. The Morgan fingerprint density at radius 2 is 1.59 bits per heavy atom. The molecule has 0 bridgehead atoms. The summed E-state index contributed by atoms with van der Waals surface area (Å²) in [6.07, 6.45) is 13.6. The maximum Gasteiger partial charge on any atom is 0.227 e. The van der Waals surface area contributed by atoms with Crippen molar-refractivity contribution in [1.29, 1.82) is 0 Å². The van der Waals surface area contributed by atoms with Crippen molar-refractivity contribution in [2.75, 3.05) is 0 Å². The van der Waals surface area contributed by atoms with E-state index in [1.165, 1.54) is 38.5 Å². The van der Waals surface area contributed by atoms with Crippen LogP contribution in [0.4, 0.5) is 0 Å². The zero-order chi connectivity index (χ0) is 32.5. The fourth-order valence-electron chi connectivity index (χ4n) is 8.53. The first kappa shape index (κ1) is 23.8. The van der Waals surface area contributed by atoms with Gasteiger partial charge in [-0.05, 0) is 135 Å². The molecule has 2 aliphatic rings. The molecule has 1 aromatic carbocycles. The van der Waals surface area contributed by atoms with Crippen molar-refractivity contribution in [2.24, 2.45) is 21.7 Å². The lowest BCUT2D eigenvalue weighted by Gasteiger charge is -2.53. The van der Waals surface area contributed by atoms with Gasteiger partial charge < -0.3 is 4.42 Å². The van der Waals surface area contributed by atoms with E-state index in [2.05, 4.69) is 52.6 Å². The predicted octanol–water partition coefficient (Wildman–Crippen LogP) is 11.4. The summed E-state index contributed by atoms with van der Waals surface area (Å²) in [5.41, 5.74) is 5.08. The highest BCUT2D eigenvalue weighted by molar-refractivity contribution is 6.08. The number of nitrogens with zero attached hydrogens (tertiary/aromatic N) is 2. The average molecular weight is 555 g/mol. The Labute approximate surface area is 253 Å². The van der Waals surface area contributed by atoms with Crippen LogP contribution in [0.25, 0.3) is 33.3 Å². The summed E-state index contributed by atoms with van der Waals surface area (Å²) in [7, 11) is 0. The van der Waals surface area contributed by atoms with Crippen molar-refractivity contribution >= 4 is 22.1 Å². The molecular weight excluding hydrogens is 500 g/mol. The average Bonchev–Trinajstić information content (AvgIpc) is 3.33. The van der Waals surface area contributed by atoms with Crippen LogP contribution in [0.5, 0.6) is 0 Å². The zero-order valence-corrected chi connectivity index (χ0v) is 26.0. The maximum absolute atomic E-state index is 9.66. The van der Waals surface area contributed by atoms with Crippen molar-refractivity contribution in [3.8, 4) is 11.3 Å². The first-order valence-electron chi connectivity index (χ1n) is 17.7. The predicted molar refractivity (Wildman–Crippen MR) is 172 cm³/mol. The minimum atomic E-state index is -2.30. The normalized spacial score (nSPS) is 22.3. The molecule has 6 rings (SSSR count). The number of pyridine rings is 2. The lowest BCUT2D eigenvalue weighted by Crippen LogP contribution is -2.40. The first-order chi connectivity index (χ1) is 20.9. The number of aryl methyl sites for hydroxylation is 1. The number of para-hydroxylation sites is 1. The standard InChI is InChI=1S/C38H50N2O/c1-26-11-12-30-29-9-8-10-31(33(29)41-34(30)40-26)32-23-28(15-22-39-32)27-13-16-37(17-14-27)18-20-38(21-19-37,24-35(2,3)4)25-36(5,6)7/h8-12,15,22-23,27H,13-14,16-21,24-25H2,1-7H3/i1D3,27D. The lowest BCUT2D eigenvalue weighted by molar-refractivity contribution is -0.00625. The molecule has 218 valence electrons. The van der Waals surface area contributed by atoms with E-state index < -0.39 is 12.7 Å². The summed E-state index contributed by atoms with van der Waals surface area (Å²) >= 11 is 0. The minimum Gasteiger partial charge on any atom is -0.437 e. The minimum absolute atomic E-state index is 0.0222. The SMILES string of the molecule is [2H]C([2H])([2H])c1ccc2c(n1)oc1c(-c3cc(C4([2H])CCC5(CCC(CC(C)(C)C)(CC(C)(C)C)CC5)CC4)ccn3)cccc12. The fourth-order valence-corrected chi connectivity index (χ4v) is 8.53. The van der Waals surface area contributed by atoms with Gasteiger partial charge in [-0.3, -0.25) is 4.98 Å².